The molecule has 1 atom stereocenters. The Kier molecular flexibility index (Phi) is 10.2. The van der Waals surface area contributed by atoms with Crippen LogP contribution >= 0.6 is 23.2 Å². The third kappa shape index (κ3) is 8.30. The lowest BCUT2D eigenvalue weighted by Gasteiger charge is -2.31. The fraction of sp³-hybridized carbons (Fsp3) is 0.417. The number of amides is 2. The van der Waals surface area contributed by atoms with Gasteiger partial charge in [-0.2, -0.15) is 0 Å². The van der Waals surface area contributed by atoms with Gasteiger partial charge in [0.15, 0.2) is 0 Å². The van der Waals surface area contributed by atoms with E-state index in [0.717, 1.165) is 16.1 Å². The summed E-state index contributed by atoms with van der Waals surface area (Å²) in [6.07, 6.45) is 0.995. The number of halogens is 2. The summed E-state index contributed by atoms with van der Waals surface area (Å²) in [4.78, 5) is 27.7. The number of hydrogen-bond acceptors (Lipinski definition) is 5. The van der Waals surface area contributed by atoms with Gasteiger partial charge in [-0.1, -0.05) is 49.2 Å². The number of nitrogens with zero attached hydrogens (tertiary/aromatic N) is 2. The van der Waals surface area contributed by atoms with Crippen LogP contribution in [0.5, 0.6) is 5.75 Å². The van der Waals surface area contributed by atoms with Gasteiger partial charge in [-0.05, 0) is 48.7 Å². The van der Waals surface area contributed by atoms with E-state index in [0.29, 0.717) is 12.3 Å². The Morgan fingerprint density at radius 3 is 2.17 bits per heavy atom. The van der Waals surface area contributed by atoms with Gasteiger partial charge in [-0.3, -0.25) is 13.9 Å². The van der Waals surface area contributed by atoms with Crippen molar-refractivity contribution in [2.24, 2.45) is 5.92 Å². The molecule has 8 nitrogen and oxygen atoms in total. The molecule has 0 saturated heterocycles. The van der Waals surface area contributed by atoms with Crippen molar-refractivity contribution in [3.8, 4) is 5.75 Å². The highest BCUT2D eigenvalue weighted by Gasteiger charge is 2.30. The van der Waals surface area contributed by atoms with Crippen molar-refractivity contribution >= 4 is 50.7 Å². The summed E-state index contributed by atoms with van der Waals surface area (Å²) in [6.45, 7) is 5.57. The fourth-order valence-corrected chi connectivity index (χ4v) is 4.35. The molecule has 0 fully saturated rings. The predicted molar refractivity (Wildman–Crippen MR) is 140 cm³/mol. The summed E-state index contributed by atoms with van der Waals surface area (Å²) in [5.41, 5.74) is 0.944. The van der Waals surface area contributed by atoms with Crippen molar-refractivity contribution in [2.45, 2.75) is 33.4 Å². The maximum absolute atomic E-state index is 13.5. The van der Waals surface area contributed by atoms with Crippen molar-refractivity contribution in [1.29, 1.82) is 0 Å². The topological polar surface area (TPSA) is 96.0 Å². The van der Waals surface area contributed by atoms with Crippen LogP contribution in [0.25, 0.3) is 0 Å². The first-order valence-electron chi connectivity index (χ1n) is 11.0. The zero-order chi connectivity index (χ0) is 26.3. The molecular formula is C24H31Cl2N3O5S. The van der Waals surface area contributed by atoms with E-state index in [9.17, 15) is 18.0 Å². The average molecular weight is 545 g/mol. The number of carbonyl (C=O) groups is 2. The largest absolute Gasteiger partial charge is 0.497 e. The number of anilines is 1. The van der Waals surface area contributed by atoms with Gasteiger partial charge in [0.05, 0.1) is 29.1 Å². The maximum Gasteiger partial charge on any atom is 0.244 e. The molecular weight excluding hydrogens is 513 g/mol. The van der Waals surface area contributed by atoms with Crippen LogP contribution in [0.4, 0.5) is 5.69 Å². The van der Waals surface area contributed by atoms with Gasteiger partial charge < -0.3 is 15.0 Å². The molecule has 0 unspecified atom stereocenters. The fourth-order valence-electron chi connectivity index (χ4n) is 3.22. The number of benzene rings is 2. The maximum atomic E-state index is 13.5. The number of ether oxygens (including phenoxy) is 1. The molecule has 2 aromatic carbocycles. The summed E-state index contributed by atoms with van der Waals surface area (Å²) < 4.78 is 31.3. The zero-order valence-electron chi connectivity index (χ0n) is 20.4. The van der Waals surface area contributed by atoms with Crippen LogP contribution in [0.15, 0.2) is 42.5 Å². The standard InChI is InChI=1S/C24H31Cl2N3O5S/c1-16(2)13-27-24(31)17(3)28(14-18-6-9-20(34-4)10-7-18)23(30)15-29(35(5,32)33)19-8-11-21(25)22(26)12-19/h6-12,16-17H,13-15H2,1-5H3,(H,27,31)/t17-/m0/s1. The molecule has 35 heavy (non-hydrogen) atoms. The molecule has 0 aliphatic heterocycles. The van der Waals surface area contributed by atoms with Gasteiger partial charge in [0, 0.05) is 13.1 Å². The molecule has 0 spiro atoms. The average Bonchev–Trinajstić information content (AvgIpc) is 2.80. The highest BCUT2D eigenvalue weighted by Crippen LogP contribution is 2.28. The van der Waals surface area contributed by atoms with Crippen LogP contribution in [0.2, 0.25) is 10.0 Å². The Labute approximate surface area is 217 Å². The zero-order valence-corrected chi connectivity index (χ0v) is 22.7. The Morgan fingerprint density at radius 2 is 1.66 bits per heavy atom. The summed E-state index contributed by atoms with van der Waals surface area (Å²) in [5.74, 6) is -0.00462. The van der Waals surface area contributed by atoms with Gasteiger partial charge in [0.25, 0.3) is 0 Å². The second-order valence-electron chi connectivity index (χ2n) is 8.55. The second kappa shape index (κ2) is 12.5. The Hall–Kier alpha value is -2.49. The number of carbonyl (C=O) groups excluding carboxylic acids is 2. The smallest absolute Gasteiger partial charge is 0.244 e. The summed E-state index contributed by atoms with van der Waals surface area (Å²) in [6, 6.07) is 10.5. The van der Waals surface area contributed by atoms with Gasteiger partial charge in [0.1, 0.15) is 18.3 Å². The lowest BCUT2D eigenvalue weighted by molar-refractivity contribution is -0.139. The van der Waals surface area contributed by atoms with Gasteiger partial charge in [-0.25, -0.2) is 8.42 Å². The van der Waals surface area contributed by atoms with Crippen LogP contribution < -0.4 is 14.4 Å². The van der Waals surface area contributed by atoms with Gasteiger partial charge in [0.2, 0.25) is 21.8 Å². The third-order valence-electron chi connectivity index (χ3n) is 5.23. The predicted octanol–water partition coefficient (Wildman–Crippen LogP) is 3.96. The summed E-state index contributed by atoms with van der Waals surface area (Å²) in [7, 11) is -2.31. The SMILES string of the molecule is COc1ccc(CN(C(=O)CN(c2ccc(Cl)c(Cl)c2)S(C)(=O)=O)[C@@H](C)C(=O)NCC(C)C)cc1. The third-order valence-corrected chi connectivity index (χ3v) is 7.11. The molecule has 2 rings (SSSR count). The Morgan fingerprint density at radius 1 is 1.03 bits per heavy atom. The van der Waals surface area contributed by atoms with Gasteiger partial charge in [-0.15, -0.1) is 0 Å². The highest BCUT2D eigenvalue weighted by atomic mass is 35.5. The van der Waals surface area contributed by atoms with Crippen molar-refractivity contribution < 1.29 is 22.7 Å². The highest BCUT2D eigenvalue weighted by molar-refractivity contribution is 7.92. The number of rotatable bonds is 11. The van der Waals surface area contributed by atoms with Crippen LogP contribution in [0.3, 0.4) is 0 Å². The first-order valence-corrected chi connectivity index (χ1v) is 13.6. The number of sulfonamides is 1. The molecule has 11 heteroatoms. The van der Waals surface area contributed by atoms with Crippen LogP contribution in [0, 0.1) is 5.92 Å². The van der Waals surface area contributed by atoms with Crippen molar-refractivity contribution in [1.82, 2.24) is 10.2 Å². The molecule has 0 aliphatic rings. The molecule has 2 amide bonds. The van der Waals surface area contributed by atoms with E-state index in [2.05, 4.69) is 5.32 Å². The minimum atomic E-state index is -3.86. The summed E-state index contributed by atoms with van der Waals surface area (Å²) >= 11 is 12.0. The van der Waals surface area contributed by atoms with E-state index in [4.69, 9.17) is 27.9 Å². The molecule has 0 radical (unpaired) electrons. The number of nitrogens with one attached hydrogen (secondary N) is 1. The number of methoxy groups -OCH3 is 1. The monoisotopic (exact) mass is 543 g/mol. The minimum absolute atomic E-state index is 0.0953. The quantitative estimate of drug-likeness (QED) is 0.462. The van der Waals surface area contributed by atoms with E-state index in [1.165, 1.54) is 23.1 Å². The van der Waals surface area contributed by atoms with E-state index < -0.39 is 28.5 Å². The first-order chi connectivity index (χ1) is 16.3. The van der Waals surface area contributed by atoms with Crippen LogP contribution in [0.1, 0.15) is 26.3 Å². The molecule has 192 valence electrons. The van der Waals surface area contributed by atoms with Crippen LogP contribution in [-0.2, 0) is 26.2 Å². The molecule has 1 N–H and O–H groups in total. The van der Waals surface area contributed by atoms with Crippen molar-refractivity contribution in [3.05, 3.63) is 58.1 Å². The van der Waals surface area contributed by atoms with E-state index >= 15 is 0 Å². The first kappa shape index (κ1) is 28.7. The number of hydrogen-bond donors (Lipinski definition) is 1. The molecule has 0 saturated carbocycles. The van der Waals surface area contributed by atoms with Gasteiger partial charge >= 0.3 is 0 Å². The molecule has 0 heterocycles. The van der Waals surface area contributed by atoms with Crippen molar-refractivity contribution in [3.63, 3.8) is 0 Å². The van der Waals surface area contributed by atoms with E-state index in [1.54, 1.807) is 38.3 Å². The molecule has 0 aliphatic carbocycles. The Balaban J connectivity index is 2.38. The molecule has 0 bridgehead atoms. The molecule has 2 aromatic rings. The second-order valence-corrected chi connectivity index (χ2v) is 11.3. The van der Waals surface area contributed by atoms with Crippen LogP contribution in [-0.4, -0.2) is 57.6 Å². The van der Waals surface area contributed by atoms with E-state index in [1.807, 2.05) is 13.8 Å². The molecule has 0 aromatic heterocycles. The normalized spacial score (nSPS) is 12.2. The lowest BCUT2D eigenvalue weighted by atomic mass is 10.1. The summed E-state index contributed by atoms with van der Waals surface area (Å²) in [5, 5.41) is 3.24. The minimum Gasteiger partial charge on any atom is -0.497 e. The lowest BCUT2D eigenvalue weighted by Crippen LogP contribution is -2.51. The van der Waals surface area contributed by atoms with Crippen molar-refractivity contribution in [2.75, 3.05) is 30.8 Å². The Bertz CT molecular complexity index is 1140. The van der Waals surface area contributed by atoms with E-state index in [-0.39, 0.29) is 34.1 Å².